The highest BCUT2D eigenvalue weighted by molar-refractivity contribution is 5.97. The summed E-state index contributed by atoms with van der Waals surface area (Å²) < 4.78 is 10.9. The van der Waals surface area contributed by atoms with Gasteiger partial charge in [-0.3, -0.25) is 9.59 Å². The molecule has 2 amide bonds. The van der Waals surface area contributed by atoms with Crippen molar-refractivity contribution in [1.82, 2.24) is 5.32 Å². The largest absolute Gasteiger partial charge is 0.497 e. The molecule has 7 heteroatoms. The van der Waals surface area contributed by atoms with Crippen LogP contribution in [0.15, 0.2) is 42.5 Å². The number of carbonyl (C=O) groups excluding carboxylic acids is 2. The zero-order valence-corrected chi connectivity index (χ0v) is 17.8. The molecule has 0 saturated carbocycles. The Kier molecular flexibility index (Phi) is 7.30. The number of ether oxygens (including phenoxy) is 2. The molecule has 2 aromatic rings. The summed E-state index contributed by atoms with van der Waals surface area (Å²) in [6.07, 6.45) is 2.05. The lowest BCUT2D eigenvalue weighted by atomic mass is 10.0. The zero-order valence-electron chi connectivity index (χ0n) is 17.8. The normalized spacial score (nSPS) is 18.0. The fourth-order valence-electron chi connectivity index (χ4n) is 4.02. The molecule has 0 aromatic heterocycles. The molecule has 30 heavy (non-hydrogen) atoms. The van der Waals surface area contributed by atoms with E-state index in [0.717, 1.165) is 36.4 Å². The Morgan fingerprint density at radius 2 is 1.97 bits per heavy atom. The van der Waals surface area contributed by atoms with Crippen LogP contribution in [0.1, 0.15) is 41.7 Å². The highest BCUT2D eigenvalue weighted by Gasteiger charge is 2.33. The van der Waals surface area contributed by atoms with Crippen molar-refractivity contribution >= 4 is 17.5 Å². The quantitative estimate of drug-likeness (QED) is 0.618. The van der Waals surface area contributed by atoms with Crippen LogP contribution in [0.25, 0.3) is 0 Å². The molecule has 0 spiro atoms. The number of amides is 2. The van der Waals surface area contributed by atoms with Gasteiger partial charge in [-0.05, 0) is 37.3 Å². The van der Waals surface area contributed by atoms with E-state index in [4.69, 9.17) is 9.47 Å². The summed E-state index contributed by atoms with van der Waals surface area (Å²) in [7, 11) is 3.29. The SMILES string of the molecule is CCNC(=O)c1cccc(NC(=O)C[NH+]2CCC[C@H]2c2ccc(OC)cc2OC)c1. The number of rotatable bonds is 8. The van der Waals surface area contributed by atoms with Crippen molar-refractivity contribution in [3.63, 3.8) is 0 Å². The molecule has 0 aliphatic carbocycles. The average Bonchev–Trinajstić information content (AvgIpc) is 3.21. The summed E-state index contributed by atoms with van der Waals surface area (Å²) in [5.41, 5.74) is 2.25. The fourth-order valence-corrected chi connectivity index (χ4v) is 4.02. The van der Waals surface area contributed by atoms with Gasteiger partial charge < -0.3 is 25.0 Å². The maximum atomic E-state index is 12.7. The van der Waals surface area contributed by atoms with Crippen LogP contribution in [0.2, 0.25) is 0 Å². The molecule has 1 heterocycles. The highest BCUT2D eigenvalue weighted by Crippen LogP contribution is 2.31. The van der Waals surface area contributed by atoms with E-state index < -0.39 is 0 Å². The van der Waals surface area contributed by atoms with Crippen molar-refractivity contribution in [3.8, 4) is 11.5 Å². The Balaban J connectivity index is 1.68. The van der Waals surface area contributed by atoms with Gasteiger partial charge in [0.05, 0.1) is 26.3 Å². The molecule has 3 rings (SSSR count). The van der Waals surface area contributed by atoms with Gasteiger partial charge in [-0.1, -0.05) is 6.07 Å². The van der Waals surface area contributed by atoms with Crippen LogP contribution in [0.4, 0.5) is 5.69 Å². The molecule has 1 fully saturated rings. The van der Waals surface area contributed by atoms with Gasteiger partial charge in [-0.15, -0.1) is 0 Å². The molecule has 3 N–H and O–H groups in total. The number of quaternary nitrogens is 1. The molecule has 160 valence electrons. The Morgan fingerprint density at radius 1 is 1.13 bits per heavy atom. The lowest BCUT2D eigenvalue weighted by Gasteiger charge is -2.23. The topological polar surface area (TPSA) is 81.1 Å². The molecule has 0 bridgehead atoms. The number of benzene rings is 2. The lowest BCUT2D eigenvalue weighted by Crippen LogP contribution is -3.11. The minimum Gasteiger partial charge on any atom is -0.497 e. The number of likely N-dealkylation sites (tertiary alicyclic amines) is 1. The van der Waals surface area contributed by atoms with Crippen molar-refractivity contribution in [2.24, 2.45) is 0 Å². The van der Waals surface area contributed by atoms with Crippen molar-refractivity contribution in [2.45, 2.75) is 25.8 Å². The van der Waals surface area contributed by atoms with Gasteiger partial charge in [0.25, 0.3) is 11.8 Å². The van der Waals surface area contributed by atoms with Crippen LogP contribution in [-0.2, 0) is 4.79 Å². The van der Waals surface area contributed by atoms with Crippen LogP contribution in [0.3, 0.4) is 0 Å². The first kappa shape index (κ1) is 21.6. The van der Waals surface area contributed by atoms with Crippen molar-refractivity contribution in [1.29, 1.82) is 0 Å². The first-order valence-electron chi connectivity index (χ1n) is 10.3. The molecule has 0 radical (unpaired) electrons. The average molecular weight is 413 g/mol. The van der Waals surface area contributed by atoms with Crippen LogP contribution < -0.4 is 25.0 Å². The van der Waals surface area contributed by atoms with Crippen LogP contribution in [0, 0.1) is 0 Å². The second kappa shape index (κ2) is 10.1. The molecule has 1 saturated heterocycles. The highest BCUT2D eigenvalue weighted by atomic mass is 16.5. The summed E-state index contributed by atoms with van der Waals surface area (Å²) in [5.74, 6) is 1.32. The van der Waals surface area contributed by atoms with E-state index in [1.165, 1.54) is 4.90 Å². The fraction of sp³-hybridized carbons (Fsp3) is 0.391. The molecular weight excluding hydrogens is 382 g/mol. The number of methoxy groups -OCH3 is 2. The summed E-state index contributed by atoms with van der Waals surface area (Å²) in [6.45, 7) is 3.71. The Labute approximate surface area is 177 Å². The maximum absolute atomic E-state index is 12.7. The molecule has 2 aromatic carbocycles. The lowest BCUT2D eigenvalue weighted by molar-refractivity contribution is -0.910. The number of hydrogen-bond acceptors (Lipinski definition) is 4. The molecule has 2 atom stereocenters. The van der Waals surface area contributed by atoms with E-state index in [0.29, 0.717) is 24.3 Å². The first-order chi connectivity index (χ1) is 14.5. The van der Waals surface area contributed by atoms with Crippen LogP contribution in [0.5, 0.6) is 11.5 Å². The zero-order chi connectivity index (χ0) is 21.5. The summed E-state index contributed by atoms with van der Waals surface area (Å²) >= 11 is 0. The standard InChI is InChI=1S/C23H29N3O4/c1-4-24-23(28)16-7-5-8-17(13-16)25-22(27)15-26-12-6-9-20(26)19-11-10-18(29-2)14-21(19)30-3/h5,7-8,10-11,13-14,20H,4,6,9,12,15H2,1-3H3,(H,24,28)(H,25,27)/p+1/t20-/m0/s1. The predicted octanol–water partition coefficient (Wildman–Crippen LogP) is 1.81. The van der Waals surface area contributed by atoms with E-state index in [2.05, 4.69) is 10.6 Å². The Morgan fingerprint density at radius 3 is 2.70 bits per heavy atom. The van der Waals surface area contributed by atoms with E-state index >= 15 is 0 Å². The molecule has 7 nitrogen and oxygen atoms in total. The Hall–Kier alpha value is -3.06. The molecule has 1 unspecified atom stereocenters. The second-order valence-corrected chi connectivity index (χ2v) is 7.38. The summed E-state index contributed by atoms with van der Waals surface area (Å²) in [6, 6.07) is 13.0. The van der Waals surface area contributed by atoms with Crippen molar-refractivity contribution in [2.75, 3.05) is 39.2 Å². The summed E-state index contributed by atoms with van der Waals surface area (Å²) in [4.78, 5) is 25.9. The van der Waals surface area contributed by atoms with Crippen LogP contribution >= 0.6 is 0 Å². The van der Waals surface area contributed by atoms with E-state index in [-0.39, 0.29) is 17.9 Å². The minimum atomic E-state index is -0.148. The third-order valence-electron chi connectivity index (χ3n) is 5.43. The number of anilines is 1. The van der Waals surface area contributed by atoms with E-state index in [1.54, 1.807) is 38.5 Å². The maximum Gasteiger partial charge on any atom is 0.279 e. The second-order valence-electron chi connectivity index (χ2n) is 7.38. The van der Waals surface area contributed by atoms with Gasteiger partial charge in [-0.2, -0.15) is 0 Å². The molecule has 1 aliphatic rings. The van der Waals surface area contributed by atoms with Gasteiger partial charge in [-0.25, -0.2) is 0 Å². The number of nitrogens with one attached hydrogen (secondary N) is 3. The van der Waals surface area contributed by atoms with Gasteiger partial charge in [0.15, 0.2) is 6.54 Å². The van der Waals surface area contributed by atoms with Crippen molar-refractivity contribution in [3.05, 3.63) is 53.6 Å². The van der Waals surface area contributed by atoms with E-state index in [9.17, 15) is 9.59 Å². The van der Waals surface area contributed by atoms with Crippen molar-refractivity contribution < 1.29 is 24.0 Å². The van der Waals surface area contributed by atoms with E-state index in [1.807, 2.05) is 25.1 Å². The van der Waals surface area contributed by atoms with Gasteiger partial charge >= 0.3 is 0 Å². The third-order valence-corrected chi connectivity index (χ3v) is 5.43. The summed E-state index contributed by atoms with van der Waals surface area (Å²) in [5, 5.41) is 5.70. The minimum absolute atomic E-state index is 0.0718. The van der Waals surface area contributed by atoms with Gasteiger partial charge in [0.2, 0.25) is 0 Å². The van der Waals surface area contributed by atoms with Gasteiger partial charge in [0.1, 0.15) is 17.5 Å². The monoisotopic (exact) mass is 412 g/mol. The third kappa shape index (κ3) is 5.10. The van der Waals surface area contributed by atoms with Crippen LogP contribution in [-0.4, -0.2) is 45.7 Å². The molecular formula is C23H30N3O4+. The first-order valence-corrected chi connectivity index (χ1v) is 10.3. The predicted molar refractivity (Wildman–Crippen MR) is 115 cm³/mol. The smallest absolute Gasteiger partial charge is 0.279 e. The Bertz CT molecular complexity index is 900. The van der Waals surface area contributed by atoms with Gasteiger partial charge in [0, 0.05) is 36.7 Å². The number of hydrogen-bond donors (Lipinski definition) is 3. The molecule has 1 aliphatic heterocycles. The number of carbonyl (C=O) groups is 2.